The molecule has 7 heteroatoms. The van der Waals surface area contributed by atoms with Crippen LogP contribution in [0.15, 0.2) is 18.3 Å². The summed E-state index contributed by atoms with van der Waals surface area (Å²) in [6.07, 6.45) is 2.89. The fourth-order valence-electron chi connectivity index (χ4n) is 2.15. The van der Waals surface area contributed by atoms with Gasteiger partial charge in [0.1, 0.15) is 15.9 Å². The van der Waals surface area contributed by atoms with Crippen molar-refractivity contribution in [3.63, 3.8) is 0 Å². The lowest BCUT2D eigenvalue weighted by Crippen LogP contribution is -2.14. The lowest BCUT2D eigenvalue weighted by atomic mass is 10.0. The number of esters is 1. The fraction of sp³-hybridized carbons (Fsp3) is 0.400. The summed E-state index contributed by atoms with van der Waals surface area (Å²) >= 11 is 11.7. The Morgan fingerprint density at radius 1 is 1.36 bits per heavy atom. The minimum absolute atomic E-state index is 0.135. The van der Waals surface area contributed by atoms with Crippen molar-refractivity contribution in [2.75, 3.05) is 6.61 Å². The molecule has 2 heterocycles. The van der Waals surface area contributed by atoms with Crippen LogP contribution in [0.25, 0.3) is 0 Å². The van der Waals surface area contributed by atoms with Gasteiger partial charge in [-0.3, -0.25) is 5.10 Å². The number of halogens is 2. The number of hydrogen-bond donors (Lipinski definition) is 1. The van der Waals surface area contributed by atoms with Crippen molar-refractivity contribution in [2.45, 2.75) is 26.7 Å². The first kappa shape index (κ1) is 16.8. The predicted octanol–water partition coefficient (Wildman–Crippen LogP) is 3.71. The molecule has 0 bridgehead atoms. The van der Waals surface area contributed by atoms with Crippen LogP contribution >= 0.6 is 23.2 Å². The zero-order valence-corrected chi connectivity index (χ0v) is 13.9. The Morgan fingerprint density at radius 2 is 2.05 bits per heavy atom. The quantitative estimate of drug-likeness (QED) is 0.642. The summed E-state index contributed by atoms with van der Waals surface area (Å²) in [6.45, 7) is 4.25. The van der Waals surface area contributed by atoms with E-state index < -0.39 is 0 Å². The monoisotopic (exact) mass is 341 g/mol. The maximum atomic E-state index is 12.0. The van der Waals surface area contributed by atoms with E-state index in [-0.39, 0.29) is 11.9 Å². The molecule has 5 nitrogen and oxygen atoms in total. The minimum atomic E-state index is -0.358. The lowest BCUT2D eigenvalue weighted by molar-refractivity contribution is 0.0448. The van der Waals surface area contributed by atoms with Gasteiger partial charge in [0.25, 0.3) is 0 Å². The molecular formula is C15H17Cl2N3O2. The molecule has 2 aromatic rings. The molecule has 0 aromatic carbocycles. The Kier molecular flexibility index (Phi) is 5.80. The summed E-state index contributed by atoms with van der Waals surface area (Å²) in [6, 6.07) is 3.52. The number of aryl methyl sites for hydroxylation is 1. The van der Waals surface area contributed by atoms with E-state index in [0.717, 1.165) is 11.3 Å². The van der Waals surface area contributed by atoms with E-state index in [9.17, 15) is 4.79 Å². The van der Waals surface area contributed by atoms with Crippen molar-refractivity contribution in [1.29, 1.82) is 0 Å². The molecule has 1 N–H and O–H groups in total. The molecule has 0 aliphatic rings. The maximum absolute atomic E-state index is 12.0. The Labute approximate surface area is 139 Å². The number of carbonyl (C=O) groups excluding carboxylic acids is 1. The lowest BCUT2D eigenvalue weighted by Gasteiger charge is -2.12. The number of nitrogens with one attached hydrogen (secondary N) is 1. The predicted molar refractivity (Wildman–Crippen MR) is 85.4 cm³/mol. The Hall–Kier alpha value is -1.59. The van der Waals surface area contributed by atoms with Crippen LogP contribution in [0.3, 0.4) is 0 Å². The molecule has 0 fully saturated rings. The molecule has 1 unspecified atom stereocenters. The number of aromatic amines is 1. The van der Waals surface area contributed by atoms with Crippen LogP contribution in [0, 0.1) is 5.92 Å². The highest BCUT2D eigenvalue weighted by molar-refractivity contribution is 6.32. The number of carbonyl (C=O) groups is 1. The molecule has 0 amide bonds. The molecule has 0 aliphatic heterocycles. The highest BCUT2D eigenvalue weighted by atomic mass is 35.5. The number of hydrogen-bond acceptors (Lipinski definition) is 4. The van der Waals surface area contributed by atoms with Gasteiger partial charge >= 0.3 is 5.97 Å². The van der Waals surface area contributed by atoms with Crippen LogP contribution in [0.1, 0.15) is 35.5 Å². The SMILES string of the molecule is CCc1[nH]ncc1C(=O)OCC(C)Cc1cc(Cl)nc(Cl)c1. The third-order valence-corrected chi connectivity index (χ3v) is 3.58. The summed E-state index contributed by atoms with van der Waals surface area (Å²) in [7, 11) is 0. The van der Waals surface area contributed by atoms with Gasteiger partial charge in [-0.05, 0) is 36.5 Å². The minimum Gasteiger partial charge on any atom is -0.462 e. The second kappa shape index (κ2) is 7.61. The maximum Gasteiger partial charge on any atom is 0.341 e. The van der Waals surface area contributed by atoms with E-state index in [1.54, 1.807) is 12.1 Å². The summed E-state index contributed by atoms with van der Waals surface area (Å²) in [5, 5.41) is 7.37. The second-order valence-corrected chi connectivity index (χ2v) is 5.92. The van der Waals surface area contributed by atoms with Crippen molar-refractivity contribution >= 4 is 29.2 Å². The van der Waals surface area contributed by atoms with E-state index in [0.29, 0.717) is 35.3 Å². The number of nitrogens with zero attached hydrogens (tertiary/aromatic N) is 2. The molecule has 0 saturated heterocycles. The van der Waals surface area contributed by atoms with Crippen LogP contribution in [0.5, 0.6) is 0 Å². The van der Waals surface area contributed by atoms with Gasteiger partial charge in [-0.15, -0.1) is 0 Å². The first-order valence-electron chi connectivity index (χ1n) is 7.01. The molecule has 22 heavy (non-hydrogen) atoms. The van der Waals surface area contributed by atoms with Crippen molar-refractivity contribution in [3.8, 4) is 0 Å². The van der Waals surface area contributed by atoms with Crippen molar-refractivity contribution < 1.29 is 9.53 Å². The van der Waals surface area contributed by atoms with Gasteiger partial charge in [0.05, 0.1) is 12.8 Å². The average Bonchev–Trinajstić information content (AvgIpc) is 2.92. The van der Waals surface area contributed by atoms with E-state index in [1.807, 2.05) is 13.8 Å². The summed E-state index contributed by atoms with van der Waals surface area (Å²) < 4.78 is 5.34. The second-order valence-electron chi connectivity index (χ2n) is 5.14. The van der Waals surface area contributed by atoms with Gasteiger partial charge in [0.15, 0.2) is 0 Å². The number of aromatic nitrogens is 3. The molecule has 1 atom stereocenters. The number of ether oxygens (including phenoxy) is 1. The summed E-state index contributed by atoms with van der Waals surface area (Å²) in [5.41, 5.74) is 2.24. The Morgan fingerprint density at radius 3 is 2.68 bits per heavy atom. The van der Waals surface area contributed by atoms with Crippen LogP contribution < -0.4 is 0 Å². The largest absolute Gasteiger partial charge is 0.462 e. The van der Waals surface area contributed by atoms with E-state index in [4.69, 9.17) is 27.9 Å². The summed E-state index contributed by atoms with van der Waals surface area (Å²) in [5.74, 6) is -0.223. The zero-order chi connectivity index (χ0) is 16.1. The van der Waals surface area contributed by atoms with Gasteiger partial charge < -0.3 is 4.74 Å². The van der Waals surface area contributed by atoms with Crippen molar-refractivity contribution in [3.05, 3.63) is 45.5 Å². The van der Waals surface area contributed by atoms with Gasteiger partial charge in [-0.25, -0.2) is 9.78 Å². The molecule has 0 saturated carbocycles. The van der Waals surface area contributed by atoms with E-state index in [2.05, 4.69) is 15.2 Å². The summed E-state index contributed by atoms with van der Waals surface area (Å²) in [4.78, 5) is 15.9. The van der Waals surface area contributed by atoms with Crippen LogP contribution in [-0.2, 0) is 17.6 Å². The van der Waals surface area contributed by atoms with E-state index >= 15 is 0 Å². The third-order valence-electron chi connectivity index (χ3n) is 3.20. The normalized spacial score (nSPS) is 12.2. The smallest absolute Gasteiger partial charge is 0.341 e. The zero-order valence-electron chi connectivity index (χ0n) is 12.4. The molecule has 2 aromatic heterocycles. The fourth-order valence-corrected chi connectivity index (χ4v) is 2.65. The van der Waals surface area contributed by atoms with E-state index in [1.165, 1.54) is 6.20 Å². The Balaban J connectivity index is 1.90. The van der Waals surface area contributed by atoms with Gasteiger partial charge in [-0.1, -0.05) is 37.0 Å². The van der Waals surface area contributed by atoms with Gasteiger partial charge in [-0.2, -0.15) is 5.10 Å². The number of H-pyrrole nitrogens is 1. The first-order chi connectivity index (χ1) is 10.5. The standard InChI is InChI=1S/C15H17Cl2N3O2/c1-3-12-11(7-18-20-12)15(21)22-8-9(2)4-10-5-13(16)19-14(17)6-10/h5-7,9H,3-4,8H2,1-2H3,(H,18,20). The molecular weight excluding hydrogens is 325 g/mol. The Bertz CT molecular complexity index is 638. The van der Waals surface area contributed by atoms with Gasteiger partial charge in [0, 0.05) is 5.69 Å². The molecule has 118 valence electrons. The van der Waals surface area contributed by atoms with Gasteiger partial charge in [0.2, 0.25) is 0 Å². The van der Waals surface area contributed by atoms with Crippen molar-refractivity contribution in [2.24, 2.45) is 5.92 Å². The molecule has 0 spiro atoms. The number of pyridine rings is 1. The van der Waals surface area contributed by atoms with Crippen LogP contribution in [0.2, 0.25) is 10.3 Å². The molecule has 0 radical (unpaired) electrons. The molecule has 2 rings (SSSR count). The highest BCUT2D eigenvalue weighted by Crippen LogP contribution is 2.18. The topological polar surface area (TPSA) is 67.9 Å². The van der Waals surface area contributed by atoms with Crippen LogP contribution in [0.4, 0.5) is 0 Å². The number of rotatable bonds is 6. The van der Waals surface area contributed by atoms with Crippen molar-refractivity contribution in [1.82, 2.24) is 15.2 Å². The molecule has 0 aliphatic carbocycles. The van der Waals surface area contributed by atoms with Crippen LogP contribution in [-0.4, -0.2) is 27.8 Å². The first-order valence-corrected chi connectivity index (χ1v) is 7.76. The average molecular weight is 342 g/mol. The highest BCUT2D eigenvalue weighted by Gasteiger charge is 2.15. The third kappa shape index (κ3) is 4.45.